The molecule has 0 bridgehead atoms. The molecule has 0 radical (unpaired) electrons. The summed E-state index contributed by atoms with van der Waals surface area (Å²) in [6.07, 6.45) is 4.30. The van der Waals surface area contributed by atoms with E-state index in [2.05, 4.69) is 10.6 Å². The Bertz CT molecular complexity index is 688. The van der Waals surface area contributed by atoms with E-state index in [-0.39, 0.29) is 17.5 Å². The van der Waals surface area contributed by atoms with E-state index in [1.165, 1.54) is 30.7 Å². The van der Waals surface area contributed by atoms with Crippen molar-refractivity contribution in [2.24, 2.45) is 7.05 Å². The first kappa shape index (κ1) is 18.7. The fraction of sp³-hybridized carbons (Fsp3) is 0.529. The number of hydrogen-bond donors (Lipinski definition) is 2. The van der Waals surface area contributed by atoms with Gasteiger partial charge in [-0.15, -0.1) is 0 Å². The summed E-state index contributed by atoms with van der Waals surface area (Å²) in [7, 11) is 1.60. The lowest BCUT2D eigenvalue weighted by Crippen LogP contribution is -2.47. The second kappa shape index (κ2) is 7.96. The van der Waals surface area contributed by atoms with Crippen LogP contribution in [0.1, 0.15) is 60.4 Å². The molecule has 0 aliphatic heterocycles. The van der Waals surface area contributed by atoms with Crippen LogP contribution >= 0.6 is 0 Å². The van der Waals surface area contributed by atoms with Crippen LogP contribution in [0.3, 0.4) is 0 Å². The van der Waals surface area contributed by atoms with Gasteiger partial charge in [-0.3, -0.25) is 14.9 Å². The van der Waals surface area contributed by atoms with E-state index in [1.54, 1.807) is 7.05 Å². The number of aromatic nitrogens is 1. The second-order valence-electron chi connectivity index (χ2n) is 6.27. The van der Waals surface area contributed by atoms with Gasteiger partial charge in [-0.05, 0) is 32.8 Å². The van der Waals surface area contributed by atoms with Gasteiger partial charge in [0.2, 0.25) is 0 Å². The van der Waals surface area contributed by atoms with Crippen molar-refractivity contribution in [3.05, 3.63) is 23.5 Å². The molecule has 1 aliphatic carbocycles. The molecule has 1 fully saturated rings. The molecule has 3 amide bonds. The maximum absolute atomic E-state index is 12.1. The molecule has 1 heterocycles. The van der Waals surface area contributed by atoms with Gasteiger partial charge in [-0.2, -0.15) is 0 Å². The Morgan fingerprint density at radius 1 is 1.24 bits per heavy atom. The van der Waals surface area contributed by atoms with Crippen molar-refractivity contribution >= 4 is 23.7 Å². The summed E-state index contributed by atoms with van der Waals surface area (Å²) in [6.45, 7) is 2.77. The molecule has 8 nitrogen and oxygen atoms in total. The SMILES string of the molecule is CC(=O)c1cc(C(=O)O[C@@H](C)C(=O)NC(=O)NC2CCCC2)n(C)c1. The van der Waals surface area contributed by atoms with Crippen molar-refractivity contribution in [3.8, 4) is 0 Å². The van der Waals surface area contributed by atoms with Crippen LogP contribution in [0.25, 0.3) is 0 Å². The van der Waals surface area contributed by atoms with Crippen LogP contribution in [0.15, 0.2) is 12.3 Å². The molecule has 1 saturated carbocycles. The Balaban J connectivity index is 1.88. The number of amides is 3. The van der Waals surface area contributed by atoms with Gasteiger partial charge in [0.05, 0.1) is 0 Å². The standard InChI is InChI=1S/C17H23N3O5/c1-10(21)12-8-14(20(3)9-12)16(23)25-11(2)15(22)19-17(24)18-13-6-4-5-7-13/h8-9,11,13H,4-7H2,1-3H3,(H2,18,19,22,24)/t11-/m0/s1. The predicted molar refractivity (Wildman–Crippen MR) is 89.2 cm³/mol. The Morgan fingerprint density at radius 2 is 1.88 bits per heavy atom. The maximum Gasteiger partial charge on any atom is 0.355 e. The summed E-state index contributed by atoms with van der Waals surface area (Å²) in [4.78, 5) is 47.3. The number of imide groups is 1. The minimum absolute atomic E-state index is 0.0824. The molecule has 1 aliphatic rings. The molecule has 25 heavy (non-hydrogen) atoms. The van der Waals surface area contributed by atoms with Crippen LogP contribution in [-0.2, 0) is 16.6 Å². The van der Waals surface area contributed by atoms with Gasteiger partial charge in [0.15, 0.2) is 11.9 Å². The number of esters is 1. The number of carbonyl (C=O) groups is 4. The third kappa shape index (κ3) is 4.91. The number of ether oxygens (including phenoxy) is 1. The first-order chi connectivity index (χ1) is 11.8. The summed E-state index contributed by atoms with van der Waals surface area (Å²) in [5, 5.41) is 4.90. The lowest BCUT2D eigenvalue weighted by atomic mass is 10.2. The number of Topliss-reactive ketones (excluding diaryl/α,β-unsaturated/α-hetero) is 1. The molecule has 0 unspecified atom stereocenters. The number of nitrogens with one attached hydrogen (secondary N) is 2. The van der Waals surface area contributed by atoms with E-state index in [0.717, 1.165) is 25.7 Å². The van der Waals surface area contributed by atoms with Gasteiger partial charge in [-0.1, -0.05) is 12.8 Å². The highest BCUT2D eigenvalue weighted by molar-refractivity contribution is 6.00. The van der Waals surface area contributed by atoms with Crippen LogP contribution in [0.5, 0.6) is 0 Å². The van der Waals surface area contributed by atoms with Crippen LogP contribution in [0.2, 0.25) is 0 Å². The monoisotopic (exact) mass is 349 g/mol. The largest absolute Gasteiger partial charge is 0.448 e. The van der Waals surface area contributed by atoms with Crippen LogP contribution in [0, 0.1) is 0 Å². The van der Waals surface area contributed by atoms with Gasteiger partial charge in [0.25, 0.3) is 5.91 Å². The van der Waals surface area contributed by atoms with Crippen molar-refractivity contribution in [1.82, 2.24) is 15.2 Å². The van der Waals surface area contributed by atoms with Crippen LogP contribution in [0.4, 0.5) is 4.79 Å². The Hall–Kier alpha value is -2.64. The Kier molecular flexibility index (Phi) is 5.95. The zero-order valence-corrected chi connectivity index (χ0v) is 14.6. The molecule has 0 spiro atoms. The van der Waals surface area contributed by atoms with Gasteiger partial charge >= 0.3 is 12.0 Å². The third-order valence-electron chi connectivity index (χ3n) is 4.20. The van der Waals surface area contributed by atoms with Crippen molar-refractivity contribution < 1.29 is 23.9 Å². The van der Waals surface area contributed by atoms with E-state index in [0.29, 0.717) is 5.56 Å². The number of hydrogen-bond acceptors (Lipinski definition) is 5. The summed E-state index contributed by atoms with van der Waals surface area (Å²) in [5.74, 6) is -1.62. The molecule has 0 saturated heterocycles. The highest BCUT2D eigenvalue weighted by atomic mass is 16.5. The fourth-order valence-electron chi connectivity index (χ4n) is 2.74. The first-order valence-electron chi connectivity index (χ1n) is 8.27. The molecule has 1 aromatic heterocycles. The Morgan fingerprint density at radius 3 is 2.44 bits per heavy atom. The molecule has 136 valence electrons. The predicted octanol–water partition coefficient (Wildman–Crippen LogP) is 1.54. The van der Waals surface area contributed by atoms with Gasteiger partial charge in [0.1, 0.15) is 5.69 Å². The third-order valence-corrected chi connectivity index (χ3v) is 4.20. The van der Waals surface area contributed by atoms with Crippen molar-refractivity contribution in [2.75, 3.05) is 0 Å². The fourth-order valence-corrected chi connectivity index (χ4v) is 2.74. The average Bonchev–Trinajstić information content (AvgIpc) is 3.16. The van der Waals surface area contributed by atoms with Crippen molar-refractivity contribution in [2.45, 2.75) is 51.7 Å². The molecule has 2 rings (SSSR count). The first-order valence-corrected chi connectivity index (χ1v) is 8.27. The smallest absolute Gasteiger partial charge is 0.355 e. The number of carbonyl (C=O) groups excluding carboxylic acids is 4. The number of nitrogens with zero attached hydrogens (tertiary/aromatic N) is 1. The number of ketones is 1. The zero-order valence-electron chi connectivity index (χ0n) is 14.6. The molecular formula is C17H23N3O5. The van der Waals surface area contributed by atoms with E-state index in [4.69, 9.17) is 4.74 Å². The minimum Gasteiger partial charge on any atom is -0.448 e. The molecule has 8 heteroatoms. The summed E-state index contributed by atoms with van der Waals surface area (Å²) in [5.41, 5.74) is 0.530. The van der Waals surface area contributed by atoms with E-state index in [9.17, 15) is 19.2 Å². The summed E-state index contributed by atoms with van der Waals surface area (Å²) in [6, 6.07) is 0.902. The minimum atomic E-state index is -1.14. The second-order valence-corrected chi connectivity index (χ2v) is 6.27. The molecule has 1 atom stereocenters. The topological polar surface area (TPSA) is 106 Å². The highest BCUT2D eigenvalue weighted by Crippen LogP contribution is 2.17. The van der Waals surface area contributed by atoms with E-state index < -0.39 is 24.0 Å². The number of aryl methyl sites for hydroxylation is 1. The van der Waals surface area contributed by atoms with Crippen LogP contribution < -0.4 is 10.6 Å². The maximum atomic E-state index is 12.1. The molecule has 0 aromatic carbocycles. The van der Waals surface area contributed by atoms with Gasteiger partial charge in [-0.25, -0.2) is 9.59 Å². The van der Waals surface area contributed by atoms with Gasteiger partial charge < -0.3 is 14.6 Å². The van der Waals surface area contributed by atoms with Crippen LogP contribution in [-0.4, -0.2) is 40.4 Å². The highest BCUT2D eigenvalue weighted by Gasteiger charge is 2.24. The van der Waals surface area contributed by atoms with E-state index >= 15 is 0 Å². The Labute approximate surface area is 145 Å². The lowest BCUT2D eigenvalue weighted by Gasteiger charge is -2.15. The molecular weight excluding hydrogens is 326 g/mol. The normalized spacial score (nSPS) is 15.5. The summed E-state index contributed by atoms with van der Waals surface area (Å²) >= 11 is 0. The zero-order chi connectivity index (χ0) is 18.6. The van der Waals surface area contributed by atoms with E-state index in [1.807, 2.05) is 0 Å². The lowest BCUT2D eigenvalue weighted by molar-refractivity contribution is -0.127. The molecule has 2 N–H and O–H groups in total. The average molecular weight is 349 g/mol. The summed E-state index contributed by atoms with van der Waals surface area (Å²) < 4.78 is 6.53. The number of rotatable bonds is 5. The van der Waals surface area contributed by atoms with Crippen molar-refractivity contribution in [3.63, 3.8) is 0 Å². The molecule has 1 aromatic rings. The number of urea groups is 1. The quantitative estimate of drug-likeness (QED) is 0.619. The van der Waals surface area contributed by atoms with Gasteiger partial charge in [0, 0.05) is 24.8 Å². The van der Waals surface area contributed by atoms with Crippen molar-refractivity contribution in [1.29, 1.82) is 0 Å².